The summed E-state index contributed by atoms with van der Waals surface area (Å²) >= 11 is 0. The van der Waals surface area contributed by atoms with Crippen molar-refractivity contribution in [3.05, 3.63) is 29.2 Å². The normalized spacial score (nSPS) is 23.4. The van der Waals surface area contributed by atoms with Crippen molar-refractivity contribution in [3.63, 3.8) is 0 Å². The summed E-state index contributed by atoms with van der Waals surface area (Å²) in [6.45, 7) is 1.61. The average Bonchev–Trinajstić information content (AvgIpc) is 3.13. The van der Waals surface area contributed by atoms with Gasteiger partial charge in [-0.25, -0.2) is 18.3 Å². The van der Waals surface area contributed by atoms with Crippen LogP contribution in [0.15, 0.2) is 12.3 Å². The number of halogens is 2. The zero-order valence-corrected chi connectivity index (χ0v) is 16.3. The zero-order valence-electron chi connectivity index (χ0n) is 16.3. The molecule has 29 heavy (non-hydrogen) atoms. The van der Waals surface area contributed by atoms with Crippen molar-refractivity contribution in [2.24, 2.45) is 5.92 Å². The van der Waals surface area contributed by atoms with Crippen LogP contribution in [0.1, 0.15) is 73.1 Å². The number of hydrogen-bond acceptors (Lipinski definition) is 4. The molecule has 2 aliphatic rings. The van der Waals surface area contributed by atoms with Gasteiger partial charge in [0.1, 0.15) is 11.3 Å². The molecule has 0 aromatic carbocycles. The van der Waals surface area contributed by atoms with Crippen LogP contribution < -0.4 is 10.6 Å². The minimum atomic E-state index is -2.72. The number of piperidine rings is 1. The summed E-state index contributed by atoms with van der Waals surface area (Å²) in [6, 6.07) is 0.966. The zero-order chi connectivity index (χ0) is 20.5. The molecule has 9 heteroatoms. The topological polar surface area (TPSA) is 88.4 Å². The third kappa shape index (κ3) is 3.95. The second-order valence-electron chi connectivity index (χ2n) is 8.03. The van der Waals surface area contributed by atoms with Crippen LogP contribution in [-0.2, 0) is 4.79 Å². The van der Waals surface area contributed by atoms with E-state index in [0.29, 0.717) is 24.5 Å². The van der Waals surface area contributed by atoms with E-state index in [4.69, 9.17) is 0 Å². The molecule has 2 aromatic rings. The Morgan fingerprint density at radius 2 is 2.03 bits per heavy atom. The minimum absolute atomic E-state index is 0.0147. The molecule has 2 fully saturated rings. The number of nitrogens with zero attached hydrogens (tertiary/aromatic N) is 3. The maximum Gasteiger partial charge on any atom is 0.280 e. The van der Waals surface area contributed by atoms with Gasteiger partial charge in [0.15, 0.2) is 5.65 Å². The van der Waals surface area contributed by atoms with Gasteiger partial charge in [0.05, 0.1) is 18.3 Å². The molecule has 156 valence electrons. The molecule has 2 N–H and O–H groups in total. The maximum atomic E-state index is 13.3. The number of carbonyl (C=O) groups is 2. The molecule has 7 nitrogen and oxygen atoms in total. The highest BCUT2D eigenvalue weighted by molar-refractivity contribution is 6.00. The second kappa shape index (κ2) is 8.04. The largest absolute Gasteiger partial charge is 0.351 e. The Kier molecular flexibility index (Phi) is 5.47. The Balaban J connectivity index is 1.58. The highest BCUT2D eigenvalue weighted by Crippen LogP contribution is 2.30. The quantitative estimate of drug-likeness (QED) is 0.819. The van der Waals surface area contributed by atoms with Crippen molar-refractivity contribution in [2.75, 3.05) is 0 Å². The SMILES string of the molecule is Cc1cc(C(F)F)n2ncc(C(=O)NC3CCC(=O)NC3C3CCCCC3)c2n1. The average molecular weight is 405 g/mol. The number of rotatable bonds is 4. The van der Waals surface area contributed by atoms with E-state index in [2.05, 4.69) is 20.7 Å². The summed E-state index contributed by atoms with van der Waals surface area (Å²) in [6.07, 6.45) is 5.01. The summed E-state index contributed by atoms with van der Waals surface area (Å²) in [5.41, 5.74) is 0.380. The smallest absolute Gasteiger partial charge is 0.280 e. The van der Waals surface area contributed by atoms with Crippen LogP contribution in [0, 0.1) is 12.8 Å². The summed E-state index contributed by atoms with van der Waals surface area (Å²) in [4.78, 5) is 29.2. The van der Waals surface area contributed by atoms with Gasteiger partial charge in [-0.2, -0.15) is 5.10 Å². The van der Waals surface area contributed by atoms with Crippen molar-refractivity contribution < 1.29 is 18.4 Å². The Morgan fingerprint density at radius 1 is 1.28 bits per heavy atom. The van der Waals surface area contributed by atoms with Gasteiger partial charge in [-0.1, -0.05) is 19.3 Å². The van der Waals surface area contributed by atoms with E-state index < -0.39 is 12.3 Å². The summed E-state index contributed by atoms with van der Waals surface area (Å²) < 4.78 is 27.7. The van der Waals surface area contributed by atoms with Gasteiger partial charge in [-0.15, -0.1) is 0 Å². The van der Waals surface area contributed by atoms with Gasteiger partial charge < -0.3 is 10.6 Å². The lowest BCUT2D eigenvalue weighted by molar-refractivity contribution is -0.124. The fourth-order valence-electron chi connectivity index (χ4n) is 4.60. The van der Waals surface area contributed by atoms with Gasteiger partial charge in [0, 0.05) is 12.1 Å². The third-order valence-electron chi connectivity index (χ3n) is 6.01. The molecule has 3 heterocycles. The third-order valence-corrected chi connectivity index (χ3v) is 6.01. The number of fused-ring (bicyclic) bond motifs is 1. The van der Waals surface area contributed by atoms with E-state index >= 15 is 0 Å². The van der Waals surface area contributed by atoms with Crippen molar-refractivity contribution >= 4 is 17.5 Å². The molecular formula is C20H25F2N5O2. The van der Waals surface area contributed by atoms with Crippen LogP contribution in [-0.4, -0.2) is 38.5 Å². The fourth-order valence-corrected chi connectivity index (χ4v) is 4.60. The van der Waals surface area contributed by atoms with Gasteiger partial charge in [0.2, 0.25) is 5.91 Å². The van der Waals surface area contributed by atoms with Crippen molar-refractivity contribution in [1.29, 1.82) is 0 Å². The van der Waals surface area contributed by atoms with Crippen LogP contribution >= 0.6 is 0 Å². The lowest BCUT2D eigenvalue weighted by Crippen LogP contribution is -2.58. The van der Waals surface area contributed by atoms with E-state index in [1.807, 2.05) is 0 Å². The Labute approximate surface area is 167 Å². The molecule has 0 radical (unpaired) electrons. The van der Waals surface area contributed by atoms with Crippen LogP contribution in [0.2, 0.25) is 0 Å². The van der Waals surface area contributed by atoms with Crippen LogP contribution in [0.3, 0.4) is 0 Å². The molecule has 0 spiro atoms. The molecule has 1 aliphatic carbocycles. The van der Waals surface area contributed by atoms with Crippen LogP contribution in [0.4, 0.5) is 8.78 Å². The standard InChI is InChI=1S/C20H25F2N5O2/c1-11-9-15(18(21)22)27-19(24-11)13(10-23-27)20(29)25-14-7-8-16(28)26-17(14)12-5-3-2-4-6-12/h9-10,12,14,17-18H,2-8H2,1H3,(H,25,29)(H,26,28). The minimum Gasteiger partial charge on any atom is -0.351 e. The molecule has 4 rings (SSSR count). The molecule has 1 saturated heterocycles. The number of aryl methyl sites for hydroxylation is 1. The molecule has 1 saturated carbocycles. The fraction of sp³-hybridized carbons (Fsp3) is 0.600. The first-order valence-corrected chi connectivity index (χ1v) is 10.2. The second-order valence-corrected chi connectivity index (χ2v) is 8.03. The lowest BCUT2D eigenvalue weighted by atomic mass is 9.78. The summed E-state index contributed by atoms with van der Waals surface area (Å²) in [7, 11) is 0. The van der Waals surface area contributed by atoms with Crippen LogP contribution in [0.5, 0.6) is 0 Å². The van der Waals surface area contributed by atoms with E-state index in [-0.39, 0.29) is 34.9 Å². The lowest BCUT2D eigenvalue weighted by Gasteiger charge is -2.39. The summed E-state index contributed by atoms with van der Waals surface area (Å²) in [5.74, 6) is -0.0470. The number of amides is 2. The predicted octanol–water partition coefficient (Wildman–Crippen LogP) is 2.93. The first-order valence-electron chi connectivity index (χ1n) is 10.2. The first kappa shape index (κ1) is 19.7. The van der Waals surface area contributed by atoms with Crippen molar-refractivity contribution in [3.8, 4) is 0 Å². The van der Waals surface area contributed by atoms with Gasteiger partial charge in [-0.05, 0) is 38.2 Å². The van der Waals surface area contributed by atoms with Gasteiger partial charge in [-0.3, -0.25) is 9.59 Å². The number of alkyl halides is 2. The predicted molar refractivity (Wildman–Crippen MR) is 102 cm³/mol. The monoisotopic (exact) mass is 405 g/mol. The number of aromatic nitrogens is 3. The molecule has 2 atom stereocenters. The maximum absolute atomic E-state index is 13.3. The van der Waals surface area contributed by atoms with E-state index in [1.165, 1.54) is 18.7 Å². The number of carbonyl (C=O) groups excluding carboxylic acids is 2. The van der Waals surface area contributed by atoms with E-state index in [1.54, 1.807) is 6.92 Å². The van der Waals surface area contributed by atoms with Crippen molar-refractivity contribution in [2.45, 2.75) is 70.4 Å². The number of hydrogen-bond donors (Lipinski definition) is 2. The molecule has 0 bridgehead atoms. The molecule has 1 aliphatic heterocycles. The summed E-state index contributed by atoms with van der Waals surface area (Å²) in [5, 5.41) is 10.0. The molecule has 2 unspecified atom stereocenters. The molecule has 2 amide bonds. The first-order chi connectivity index (χ1) is 13.9. The van der Waals surface area contributed by atoms with Crippen molar-refractivity contribution in [1.82, 2.24) is 25.2 Å². The molecular weight excluding hydrogens is 380 g/mol. The van der Waals surface area contributed by atoms with Gasteiger partial charge >= 0.3 is 0 Å². The Morgan fingerprint density at radius 3 is 2.76 bits per heavy atom. The van der Waals surface area contributed by atoms with E-state index in [9.17, 15) is 18.4 Å². The van der Waals surface area contributed by atoms with Crippen LogP contribution in [0.25, 0.3) is 5.65 Å². The highest BCUT2D eigenvalue weighted by atomic mass is 19.3. The molecule has 2 aromatic heterocycles. The number of nitrogens with one attached hydrogen (secondary N) is 2. The Bertz CT molecular complexity index is 923. The van der Waals surface area contributed by atoms with E-state index in [0.717, 1.165) is 30.2 Å². The van der Waals surface area contributed by atoms with Gasteiger partial charge in [0.25, 0.3) is 12.3 Å². The Hall–Kier alpha value is -2.58. The highest BCUT2D eigenvalue weighted by Gasteiger charge is 2.36.